The van der Waals surface area contributed by atoms with Crippen molar-refractivity contribution in [2.45, 2.75) is 71.0 Å². The van der Waals surface area contributed by atoms with Crippen LogP contribution in [0.2, 0.25) is 0 Å². The van der Waals surface area contributed by atoms with Crippen LogP contribution in [0.1, 0.15) is 58.8 Å². The van der Waals surface area contributed by atoms with Crippen molar-refractivity contribution in [1.29, 1.82) is 0 Å². The van der Waals surface area contributed by atoms with Crippen LogP contribution >= 0.6 is 0 Å². The molecule has 0 amide bonds. The van der Waals surface area contributed by atoms with Gasteiger partial charge >= 0.3 is 0 Å². The van der Waals surface area contributed by atoms with Crippen LogP contribution in [0.15, 0.2) is 0 Å². The van der Waals surface area contributed by atoms with Gasteiger partial charge in [-0.15, -0.1) is 0 Å². The van der Waals surface area contributed by atoms with Crippen molar-refractivity contribution >= 4 is 0 Å². The van der Waals surface area contributed by atoms with Crippen LogP contribution < -0.4 is 0 Å². The molecule has 0 aromatic carbocycles. The molecule has 112 valence electrons. The van der Waals surface area contributed by atoms with E-state index in [2.05, 4.69) is 13.8 Å². The number of ether oxygens (including phenoxy) is 2. The quantitative estimate of drug-likeness (QED) is 0.754. The van der Waals surface area contributed by atoms with Gasteiger partial charge in [0.2, 0.25) is 0 Å². The molecular formula is C16H30O3. The molecule has 2 atom stereocenters. The Labute approximate surface area is 117 Å². The Morgan fingerprint density at radius 3 is 2.37 bits per heavy atom. The van der Waals surface area contributed by atoms with Crippen LogP contribution in [0, 0.1) is 11.3 Å². The molecule has 2 fully saturated rings. The van der Waals surface area contributed by atoms with E-state index in [0.717, 1.165) is 25.9 Å². The van der Waals surface area contributed by atoms with E-state index in [1.54, 1.807) is 0 Å². The van der Waals surface area contributed by atoms with E-state index >= 15 is 0 Å². The van der Waals surface area contributed by atoms with Gasteiger partial charge < -0.3 is 14.6 Å². The number of aliphatic hydroxyl groups excluding tert-OH is 1. The van der Waals surface area contributed by atoms with Crippen molar-refractivity contribution < 1.29 is 14.6 Å². The van der Waals surface area contributed by atoms with Crippen molar-refractivity contribution in [3.63, 3.8) is 0 Å². The molecule has 0 heterocycles. The van der Waals surface area contributed by atoms with E-state index < -0.39 is 0 Å². The summed E-state index contributed by atoms with van der Waals surface area (Å²) in [6.07, 6.45) is 8.39. The van der Waals surface area contributed by atoms with E-state index in [-0.39, 0.29) is 17.6 Å². The summed E-state index contributed by atoms with van der Waals surface area (Å²) in [5.41, 5.74) is 0.0779. The van der Waals surface area contributed by atoms with Crippen molar-refractivity contribution in [1.82, 2.24) is 0 Å². The summed E-state index contributed by atoms with van der Waals surface area (Å²) in [5, 5.41) is 10.2. The summed E-state index contributed by atoms with van der Waals surface area (Å²) in [6, 6.07) is 0. The lowest BCUT2D eigenvalue weighted by Crippen LogP contribution is -2.58. The molecule has 0 aliphatic heterocycles. The third-order valence-corrected chi connectivity index (χ3v) is 4.77. The lowest BCUT2D eigenvalue weighted by molar-refractivity contribution is -0.202. The Bertz CT molecular complexity index is 257. The SMILES string of the molecule is CC(C)COCCOC1CC(O)C12CCCCCC2. The standard InChI is InChI=1S/C16H30O3/c1-13(2)12-18-9-10-19-15-11-14(17)16(15)7-5-3-4-6-8-16/h13-15,17H,3-12H2,1-2H3. The lowest BCUT2D eigenvalue weighted by atomic mass is 9.59. The van der Waals surface area contributed by atoms with E-state index in [9.17, 15) is 5.11 Å². The first-order valence-electron chi connectivity index (χ1n) is 8.02. The molecule has 2 aliphatic carbocycles. The van der Waals surface area contributed by atoms with Gasteiger partial charge in [-0.2, -0.15) is 0 Å². The van der Waals surface area contributed by atoms with Gasteiger partial charge in [0.05, 0.1) is 25.4 Å². The van der Waals surface area contributed by atoms with E-state index in [1.165, 1.54) is 25.7 Å². The highest BCUT2D eigenvalue weighted by Gasteiger charge is 2.54. The minimum absolute atomic E-state index is 0.0779. The number of rotatable bonds is 6. The maximum absolute atomic E-state index is 10.2. The topological polar surface area (TPSA) is 38.7 Å². The molecule has 2 aliphatic rings. The van der Waals surface area contributed by atoms with Crippen LogP contribution in [-0.2, 0) is 9.47 Å². The second-order valence-corrected chi connectivity index (χ2v) is 6.73. The highest BCUT2D eigenvalue weighted by Crippen LogP contribution is 2.52. The summed E-state index contributed by atoms with van der Waals surface area (Å²) in [7, 11) is 0. The molecule has 3 nitrogen and oxygen atoms in total. The molecule has 2 saturated carbocycles. The third kappa shape index (κ3) is 3.71. The highest BCUT2D eigenvalue weighted by molar-refractivity contribution is 5.04. The molecule has 19 heavy (non-hydrogen) atoms. The van der Waals surface area contributed by atoms with Crippen LogP contribution in [0.5, 0.6) is 0 Å². The third-order valence-electron chi connectivity index (χ3n) is 4.77. The average Bonchev–Trinajstić information content (AvgIpc) is 2.64. The first-order valence-corrected chi connectivity index (χ1v) is 8.02. The normalized spacial score (nSPS) is 30.3. The van der Waals surface area contributed by atoms with Crippen molar-refractivity contribution in [3.05, 3.63) is 0 Å². The predicted octanol–water partition coefficient (Wildman–Crippen LogP) is 3.15. The first-order chi connectivity index (χ1) is 9.15. The Morgan fingerprint density at radius 1 is 1.11 bits per heavy atom. The molecule has 0 bridgehead atoms. The van der Waals surface area contributed by atoms with Gasteiger partial charge in [0, 0.05) is 18.4 Å². The molecule has 0 saturated heterocycles. The van der Waals surface area contributed by atoms with Gasteiger partial charge in [-0.1, -0.05) is 39.5 Å². The fraction of sp³-hybridized carbons (Fsp3) is 1.00. The maximum Gasteiger partial charge on any atom is 0.0704 e. The van der Waals surface area contributed by atoms with E-state index in [1.807, 2.05) is 0 Å². The molecular weight excluding hydrogens is 240 g/mol. The number of hydrogen-bond donors (Lipinski definition) is 1. The monoisotopic (exact) mass is 270 g/mol. The fourth-order valence-electron chi connectivity index (χ4n) is 3.57. The van der Waals surface area contributed by atoms with E-state index in [4.69, 9.17) is 9.47 Å². The largest absolute Gasteiger partial charge is 0.392 e. The minimum atomic E-state index is -0.132. The molecule has 0 aromatic heterocycles. The molecule has 0 radical (unpaired) electrons. The summed E-state index contributed by atoms with van der Waals surface area (Å²) >= 11 is 0. The van der Waals surface area contributed by atoms with Gasteiger partial charge in [0.25, 0.3) is 0 Å². The summed E-state index contributed by atoms with van der Waals surface area (Å²) < 4.78 is 11.5. The van der Waals surface area contributed by atoms with Crippen LogP contribution in [0.25, 0.3) is 0 Å². The second kappa shape index (κ2) is 7.05. The van der Waals surface area contributed by atoms with Crippen molar-refractivity contribution in [3.8, 4) is 0 Å². The van der Waals surface area contributed by atoms with Gasteiger partial charge in [0.1, 0.15) is 0 Å². The van der Waals surface area contributed by atoms with E-state index in [0.29, 0.717) is 19.1 Å². The maximum atomic E-state index is 10.2. The molecule has 2 unspecified atom stereocenters. The molecule has 3 heteroatoms. The summed E-state index contributed by atoms with van der Waals surface area (Å²) in [4.78, 5) is 0. The van der Waals surface area contributed by atoms with Crippen LogP contribution in [0.3, 0.4) is 0 Å². The Hall–Kier alpha value is -0.120. The molecule has 1 spiro atoms. The number of hydrogen-bond acceptors (Lipinski definition) is 3. The highest BCUT2D eigenvalue weighted by atomic mass is 16.5. The first kappa shape index (κ1) is 15.3. The van der Waals surface area contributed by atoms with Crippen LogP contribution in [0.4, 0.5) is 0 Å². The zero-order valence-corrected chi connectivity index (χ0v) is 12.6. The summed E-state index contributed by atoms with van der Waals surface area (Å²) in [5.74, 6) is 0.582. The van der Waals surface area contributed by atoms with Gasteiger partial charge in [-0.3, -0.25) is 0 Å². The summed E-state index contributed by atoms with van der Waals surface area (Å²) in [6.45, 7) is 6.47. The predicted molar refractivity (Wildman–Crippen MR) is 76.2 cm³/mol. The van der Waals surface area contributed by atoms with Gasteiger partial charge in [-0.25, -0.2) is 0 Å². The van der Waals surface area contributed by atoms with Gasteiger partial charge in [0.15, 0.2) is 0 Å². The average molecular weight is 270 g/mol. The van der Waals surface area contributed by atoms with Crippen molar-refractivity contribution in [2.24, 2.45) is 11.3 Å². The number of aliphatic hydroxyl groups is 1. The molecule has 1 N–H and O–H groups in total. The smallest absolute Gasteiger partial charge is 0.0704 e. The zero-order chi connectivity index (χ0) is 13.7. The Morgan fingerprint density at radius 2 is 1.79 bits per heavy atom. The minimum Gasteiger partial charge on any atom is -0.392 e. The van der Waals surface area contributed by atoms with Gasteiger partial charge in [-0.05, 0) is 18.8 Å². The zero-order valence-electron chi connectivity index (χ0n) is 12.6. The van der Waals surface area contributed by atoms with Crippen LogP contribution in [-0.4, -0.2) is 37.1 Å². The second-order valence-electron chi connectivity index (χ2n) is 6.73. The molecule has 2 rings (SSSR count). The Balaban J connectivity index is 1.71. The lowest BCUT2D eigenvalue weighted by Gasteiger charge is -2.53. The fourth-order valence-corrected chi connectivity index (χ4v) is 3.57. The Kier molecular flexibility index (Phi) is 5.67. The van der Waals surface area contributed by atoms with Crippen molar-refractivity contribution in [2.75, 3.05) is 19.8 Å². The molecule has 0 aromatic rings.